The molecule has 0 spiro atoms. The molecule has 16 heavy (non-hydrogen) atoms. The van der Waals surface area contributed by atoms with Crippen LogP contribution in [-0.4, -0.2) is 41.1 Å². The molecule has 0 amide bonds. The first kappa shape index (κ1) is 10.8. The Morgan fingerprint density at radius 3 is 2.94 bits per heavy atom. The molecule has 84 valence electrons. The maximum atomic E-state index is 8.64. The van der Waals surface area contributed by atoms with Crippen LogP contribution in [-0.2, 0) is 0 Å². The van der Waals surface area contributed by atoms with E-state index in [1.54, 1.807) is 0 Å². The van der Waals surface area contributed by atoms with Gasteiger partial charge in [0.25, 0.3) is 0 Å². The number of hydrogen-bond acceptors (Lipinski definition) is 5. The van der Waals surface area contributed by atoms with Gasteiger partial charge in [0.1, 0.15) is 12.7 Å². The van der Waals surface area contributed by atoms with Gasteiger partial charge < -0.3 is 4.74 Å². The Bertz CT molecular complexity index is 382. The minimum Gasteiger partial charge on any atom is -0.475 e. The van der Waals surface area contributed by atoms with Gasteiger partial charge in [-0.25, -0.2) is 0 Å². The van der Waals surface area contributed by atoms with Crippen LogP contribution >= 0.6 is 0 Å². The van der Waals surface area contributed by atoms with Gasteiger partial charge in [-0.1, -0.05) is 0 Å². The van der Waals surface area contributed by atoms with Gasteiger partial charge in [0, 0.05) is 6.54 Å². The summed E-state index contributed by atoms with van der Waals surface area (Å²) < 4.78 is 5.44. The molecule has 1 fully saturated rings. The average molecular weight is 218 g/mol. The van der Waals surface area contributed by atoms with E-state index in [1.165, 1.54) is 25.2 Å². The number of ether oxygens (including phenoxy) is 1. The van der Waals surface area contributed by atoms with Crippen molar-refractivity contribution in [2.45, 2.75) is 12.8 Å². The maximum Gasteiger partial charge on any atom is 0.233 e. The van der Waals surface area contributed by atoms with Crippen LogP contribution in [0.4, 0.5) is 0 Å². The second kappa shape index (κ2) is 5.42. The number of rotatable bonds is 4. The van der Waals surface area contributed by atoms with Crippen molar-refractivity contribution in [1.82, 2.24) is 14.9 Å². The molecule has 1 saturated heterocycles. The third-order valence-electron chi connectivity index (χ3n) is 2.58. The molecule has 0 aliphatic carbocycles. The molecule has 1 aliphatic rings. The second-order valence-corrected chi connectivity index (χ2v) is 3.75. The molecular formula is C11H14N4O. The van der Waals surface area contributed by atoms with Crippen LogP contribution in [0.3, 0.4) is 0 Å². The van der Waals surface area contributed by atoms with Gasteiger partial charge in [-0.15, -0.1) is 0 Å². The first-order chi connectivity index (χ1) is 7.88. The molecule has 0 N–H and O–H groups in total. The zero-order chi connectivity index (χ0) is 11.2. The first-order valence-corrected chi connectivity index (χ1v) is 5.46. The van der Waals surface area contributed by atoms with Crippen molar-refractivity contribution in [2.75, 3.05) is 26.2 Å². The van der Waals surface area contributed by atoms with Crippen LogP contribution in [0.25, 0.3) is 0 Å². The van der Waals surface area contributed by atoms with Gasteiger partial charge in [0.15, 0.2) is 5.69 Å². The van der Waals surface area contributed by atoms with E-state index >= 15 is 0 Å². The maximum absolute atomic E-state index is 8.64. The molecule has 5 heteroatoms. The van der Waals surface area contributed by atoms with Crippen LogP contribution in [0.5, 0.6) is 5.88 Å². The van der Waals surface area contributed by atoms with E-state index in [-0.39, 0.29) is 0 Å². The standard InChI is InChI=1S/C11H14N4O/c12-7-10-8-13-9-11(14-10)16-6-5-15-3-1-2-4-15/h8-9H,1-6H2. The molecule has 1 aliphatic heterocycles. The summed E-state index contributed by atoms with van der Waals surface area (Å²) >= 11 is 0. The Kier molecular flexibility index (Phi) is 3.67. The Hall–Kier alpha value is -1.67. The van der Waals surface area contributed by atoms with Gasteiger partial charge in [-0.2, -0.15) is 10.2 Å². The molecule has 0 atom stereocenters. The fraction of sp³-hybridized carbons (Fsp3) is 0.545. The predicted molar refractivity (Wildman–Crippen MR) is 57.9 cm³/mol. The van der Waals surface area contributed by atoms with Gasteiger partial charge >= 0.3 is 0 Å². The Morgan fingerprint density at radius 1 is 1.38 bits per heavy atom. The highest BCUT2D eigenvalue weighted by molar-refractivity contribution is 5.19. The molecule has 0 unspecified atom stereocenters. The molecule has 0 aromatic carbocycles. The fourth-order valence-corrected chi connectivity index (χ4v) is 1.76. The fourth-order valence-electron chi connectivity index (χ4n) is 1.76. The monoisotopic (exact) mass is 218 g/mol. The number of likely N-dealkylation sites (tertiary alicyclic amines) is 1. The molecule has 5 nitrogen and oxygen atoms in total. The molecule has 0 radical (unpaired) electrons. The summed E-state index contributed by atoms with van der Waals surface area (Å²) in [6.45, 7) is 3.84. The Labute approximate surface area is 94.7 Å². The number of nitriles is 1. The molecule has 0 bridgehead atoms. The minimum absolute atomic E-state index is 0.290. The second-order valence-electron chi connectivity index (χ2n) is 3.75. The van der Waals surface area contributed by atoms with Crippen molar-refractivity contribution >= 4 is 0 Å². The third-order valence-corrected chi connectivity index (χ3v) is 2.58. The largest absolute Gasteiger partial charge is 0.475 e. The zero-order valence-corrected chi connectivity index (χ0v) is 9.09. The summed E-state index contributed by atoms with van der Waals surface area (Å²) in [6, 6.07) is 1.93. The smallest absolute Gasteiger partial charge is 0.233 e. The first-order valence-electron chi connectivity index (χ1n) is 5.46. The lowest BCUT2D eigenvalue weighted by Crippen LogP contribution is -2.25. The molecule has 2 heterocycles. The molecule has 1 aromatic rings. The molecule has 0 saturated carbocycles. The van der Waals surface area contributed by atoms with Crippen LogP contribution in [0, 0.1) is 11.3 Å². The summed E-state index contributed by atoms with van der Waals surface area (Å²) in [7, 11) is 0. The van der Waals surface area contributed by atoms with Crippen molar-refractivity contribution in [3.05, 3.63) is 18.1 Å². The summed E-state index contributed by atoms with van der Waals surface area (Å²) in [5, 5.41) is 8.64. The van der Waals surface area contributed by atoms with Crippen molar-refractivity contribution < 1.29 is 4.74 Å². The van der Waals surface area contributed by atoms with E-state index in [1.807, 2.05) is 6.07 Å². The lowest BCUT2D eigenvalue weighted by molar-refractivity contribution is 0.231. The lowest BCUT2D eigenvalue weighted by Gasteiger charge is -2.14. The van der Waals surface area contributed by atoms with Gasteiger partial charge in [0.05, 0.1) is 12.4 Å². The average Bonchev–Trinajstić information content (AvgIpc) is 2.82. The van der Waals surface area contributed by atoms with E-state index in [0.717, 1.165) is 19.6 Å². The SMILES string of the molecule is N#Cc1cncc(OCCN2CCCC2)n1. The quantitative estimate of drug-likeness (QED) is 0.748. The van der Waals surface area contributed by atoms with Crippen LogP contribution in [0.15, 0.2) is 12.4 Å². The Balaban J connectivity index is 1.78. The van der Waals surface area contributed by atoms with Crippen molar-refractivity contribution in [2.24, 2.45) is 0 Å². The van der Waals surface area contributed by atoms with E-state index in [9.17, 15) is 0 Å². The van der Waals surface area contributed by atoms with Crippen LogP contribution < -0.4 is 4.74 Å². The number of aromatic nitrogens is 2. The van der Waals surface area contributed by atoms with Gasteiger partial charge in [0.2, 0.25) is 5.88 Å². The van der Waals surface area contributed by atoms with Gasteiger partial charge in [-0.05, 0) is 25.9 Å². The summed E-state index contributed by atoms with van der Waals surface area (Å²) in [5.41, 5.74) is 0.290. The molecule has 1 aromatic heterocycles. The third kappa shape index (κ3) is 2.91. The van der Waals surface area contributed by atoms with E-state index in [0.29, 0.717) is 18.2 Å². The minimum atomic E-state index is 0.290. The molecule has 2 rings (SSSR count). The highest BCUT2D eigenvalue weighted by atomic mass is 16.5. The zero-order valence-electron chi connectivity index (χ0n) is 9.09. The van der Waals surface area contributed by atoms with Crippen LogP contribution in [0.2, 0.25) is 0 Å². The summed E-state index contributed by atoms with van der Waals surface area (Å²) in [4.78, 5) is 10.2. The number of nitrogens with zero attached hydrogens (tertiary/aromatic N) is 4. The van der Waals surface area contributed by atoms with E-state index in [2.05, 4.69) is 14.9 Å². The summed E-state index contributed by atoms with van der Waals surface area (Å²) in [6.07, 6.45) is 5.52. The predicted octanol–water partition coefficient (Wildman–Crippen LogP) is 0.823. The lowest BCUT2D eigenvalue weighted by atomic mass is 10.4. The van der Waals surface area contributed by atoms with E-state index < -0.39 is 0 Å². The van der Waals surface area contributed by atoms with Gasteiger partial charge in [-0.3, -0.25) is 9.88 Å². The number of hydrogen-bond donors (Lipinski definition) is 0. The van der Waals surface area contributed by atoms with Crippen LogP contribution in [0.1, 0.15) is 18.5 Å². The van der Waals surface area contributed by atoms with Crippen molar-refractivity contribution in [3.63, 3.8) is 0 Å². The Morgan fingerprint density at radius 2 is 2.19 bits per heavy atom. The van der Waals surface area contributed by atoms with Crippen molar-refractivity contribution in [1.29, 1.82) is 5.26 Å². The normalized spacial score (nSPS) is 15.9. The van der Waals surface area contributed by atoms with Crippen molar-refractivity contribution in [3.8, 4) is 11.9 Å². The highest BCUT2D eigenvalue weighted by Crippen LogP contribution is 2.08. The topological polar surface area (TPSA) is 62.0 Å². The van der Waals surface area contributed by atoms with E-state index in [4.69, 9.17) is 10.00 Å². The summed E-state index contributed by atoms with van der Waals surface area (Å²) in [5.74, 6) is 0.429. The highest BCUT2D eigenvalue weighted by Gasteiger charge is 2.10. The molecular weight excluding hydrogens is 204 g/mol.